The van der Waals surface area contributed by atoms with Gasteiger partial charge < -0.3 is 20.3 Å². The Kier molecular flexibility index (Phi) is 6.76. The first-order chi connectivity index (χ1) is 14.2. The van der Waals surface area contributed by atoms with Crippen LogP contribution in [0, 0.1) is 11.7 Å². The highest BCUT2D eigenvalue weighted by Crippen LogP contribution is 2.35. The predicted octanol–water partition coefficient (Wildman–Crippen LogP) is 2.00. The summed E-state index contributed by atoms with van der Waals surface area (Å²) in [7, 11) is 1.24. The standard InChI is InChI=1S/C18H19F6N3O4/c1-8(14(28)25-7-17(20,21)18(22,23)24)15(29)26-12-9(2)31-11-6-4-5-10(19)13(11)27(3)16(12)30/h4-6,8-9,12H,7H2,1-3H3,(H,25,28)(H,26,29)/t8?,9-,12+/m1/s1. The van der Waals surface area contributed by atoms with Crippen LogP contribution < -0.4 is 20.3 Å². The van der Waals surface area contributed by atoms with E-state index in [1.54, 1.807) is 0 Å². The van der Waals surface area contributed by atoms with Gasteiger partial charge in [-0.1, -0.05) is 6.07 Å². The first kappa shape index (κ1) is 24.3. The van der Waals surface area contributed by atoms with Crippen LogP contribution >= 0.6 is 0 Å². The van der Waals surface area contributed by atoms with Crippen LogP contribution in [0.1, 0.15) is 13.8 Å². The molecule has 0 fully saturated rings. The van der Waals surface area contributed by atoms with Crippen molar-refractivity contribution in [1.29, 1.82) is 0 Å². The molecule has 1 aromatic rings. The van der Waals surface area contributed by atoms with Gasteiger partial charge in [-0.25, -0.2) is 4.39 Å². The molecule has 0 saturated carbocycles. The van der Waals surface area contributed by atoms with E-state index in [9.17, 15) is 40.7 Å². The van der Waals surface area contributed by atoms with Crippen molar-refractivity contribution in [3.63, 3.8) is 0 Å². The number of anilines is 1. The second-order valence-corrected chi connectivity index (χ2v) is 6.93. The van der Waals surface area contributed by atoms with E-state index in [1.807, 2.05) is 0 Å². The van der Waals surface area contributed by atoms with E-state index in [2.05, 4.69) is 5.32 Å². The number of para-hydroxylation sites is 1. The van der Waals surface area contributed by atoms with Gasteiger partial charge >= 0.3 is 12.1 Å². The zero-order chi connectivity index (χ0) is 23.7. The molecule has 2 rings (SSSR count). The maximum atomic E-state index is 14.1. The van der Waals surface area contributed by atoms with Crippen LogP contribution in [0.5, 0.6) is 5.75 Å². The van der Waals surface area contributed by atoms with Gasteiger partial charge in [-0.2, -0.15) is 22.0 Å². The summed E-state index contributed by atoms with van der Waals surface area (Å²) in [5.74, 6) is -10.9. The first-order valence-corrected chi connectivity index (χ1v) is 8.92. The minimum atomic E-state index is -5.87. The lowest BCUT2D eigenvalue weighted by Crippen LogP contribution is -2.56. The maximum absolute atomic E-state index is 14.1. The van der Waals surface area contributed by atoms with Crippen molar-refractivity contribution in [2.75, 3.05) is 18.5 Å². The minimum Gasteiger partial charge on any atom is -0.486 e. The Morgan fingerprint density at radius 2 is 1.81 bits per heavy atom. The average Bonchev–Trinajstić information content (AvgIpc) is 2.75. The number of amides is 3. The fourth-order valence-electron chi connectivity index (χ4n) is 2.73. The first-order valence-electron chi connectivity index (χ1n) is 8.92. The number of likely N-dealkylation sites (N-methyl/N-ethyl adjacent to an activating group) is 1. The summed E-state index contributed by atoms with van der Waals surface area (Å²) < 4.78 is 82.1. The molecule has 2 N–H and O–H groups in total. The van der Waals surface area contributed by atoms with Crippen LogP contribution in [-0.2, 0) is 14.4 Å². The number of hydrogen-bond acceptors (Lipinski definition) is 4. The smallest absolute Gasteiger partial charge is 0.455 e. The summed E-state index contributed by atoms with van der Waals surface area (Å²) >= 11 is 0. The van der Waals surface area contributed by atoms with Crippen molar-refractivity contribution in [3.05, 3.63) is 24.0 Å². The van der Waals surface area contributed by atoms with Crippen molar-refractivity contribution in [2.45, 2.75) is 38.1 Å². The second-order valence-electron chi connectivity index (χ2n) is 6.93. The van der Waals surface area contributed by atoms with E-state index in [0.717, 1.165) is 17.9 Å². The van der Waals surface area contributed by atoms with Gasteiger partial charge in [0.25, 0.3) is 5.91 Å². The van der Waals surface area contributed by atoms with Crippen molar-refractivity contribution < 1.29 is 45.5 Å². The molecule has 3 amide bonds. The zero-order valence-corrected chi connectivity index (χ0v) is 16.5. The lowest BCUT2D eigenvalue weighted by atomic mass is 10.1. The van der Waals surface area contributed by atoms with Crippen LogP contribution in [0.15, 0.2) is 18.2 Å². The Morgan fingerprint density at radius 1 is 1.19 bits per heavy atom. The summed E-state index contributed by atoms with van der Waals surface area (Å²) in [6.07, 6.45) is -6.90. The van der Waals surface area contributed by atoms with Gasteiger partial charge in [0, 0.05) is 7.05 Å². The van der Waals surface area contributed by atoms with Crippen molar-refractivity contribution >= 4 is 23.4 Å². The van der Waals surface area contributed by atoms with Crippen LogP contribution in [0.25, 0.3) is 0 Å². The summed E-state index contributed by atoms with van der Waals surface area (Å²) in [4.78, 5) is 37.8. The quantitative estimate of drug-likeness (QED) is 0.525. The minimum absolute atomic E-state index is 0.0280. The molecule has 1 aliphatic rings. The molecular weight excluding hydrogens is 436 g/mol. The Bertz CT molecular complexity index is 876. The predicted molar refractivity (Wildman–Crippen MR) is 95.0 cm³/mol. The fraction of sp³-hybridized carbons (Fsp3) is 0.500. The summed E-state index contributed by atoms with van der Waals surface area (Å²) in [6.45, 7) is 0.304. The number of alkyl halides is 5. The molecule has 0 spiro atoms. The van der Waals surface area contributed by atoms with E-state index in [1.165, 1.54) is 31.4 Å². The molecule has 1 aliphatic heterocycles. The maximum Gasteiger partial charge on any atom is 0.455 e. The molecule has 0 aromatic heterocycles. The third kappa shape index (κ3) is 5.02. The molecule has 0 bridgehead atoms. The fourth-order valence-corrected chi connectivity index (χ4v) is 2.73. The van der Waals surface area contributed by atoms with E-state index in [4.69, 9.17) is 4.74 Å². The Labute approximate surface area is 172 Å². The van der Waals surface area contributed by atoms with Crippen LogP contribution in [0.3, 0.4) is 0 Å². The lowest BCUT2D eigenvalue weighted by Gasteiger charge is -2.25. The number of fused-ring (bicyclic) bond motifs is 1. The van der Waals surface area contributed by atoms with E-state index in [0.29, 0.717) is 0 Å². The number of rotatable bonds is 5. The van der Waals surface area contributed by atoms with Gasteiger partial charge in [-0.15, -0.1) is 0 Å². The Balaban J connectivity index is 2.09. The highest BCUT2D eigenvalue weighted by molar-refractivity contribution is 6.04. The van der Waals surface area contributed by atoms with E-state index in [-0.39, 0.29) is 11.4 Å². The molecule has 172 valence electrons. The van der Waals surface area contributed by atoms with E-state index < -0.39 is 60.2 Å². The van der Waals surface area contributed by atoms with Crippen LogP contribution in [0.4, 0.5) is 32.0 Å². The van der Waals surface area contributed by atoms with Crippen LogP contribution in [0.2, 0.25) is 0 Å². The molecule has 0 aliphatic carbocycles. The third-order valence-corrected chi connectivity index (χ3v) is 4.65. The van der Waals surface area contributed by atoms with Gasteiger partial charge in [0.2, 0.25) is 11.8 Å². The number of halogens is 6. The molecule has 1 unspecified atom stereocenters. The second kappa shape index (κ2) is 8.63. The average molecular weight is 455 g/mol. The number of carbonyl (C=O) groups excluding carboxylic acids is 3. The summed E-state index contributed by atoms with van der Waals surface area (Å²) in [5.41, 5.74) is -0.170. The number of ether oxygens (including phenoxy) is 1. The zero-order valence-electron chi connectivity index (χ0n) is 16.5. The summed E-state index contributed by atoms with van der Waals surface area (Å²) in [5, 5.41) is 3.57. The number of hydrogen-bond donors (Lipinski definition) is 2. The highest BCUT2D eigenvalue weighted by atomic mass is 19.4. The number of benzene rings is 1. The van der Waals surface area contributed by atoms with Crippen molar-refractivity contribution in [2.24, 2.45) is 5.92 Å². The normalized spacial score (nSPS) is 20.3. The van der Waals surface area contributed by atoms with Crippen molar-refractivity contribution in [3.8, 4) is 5.75 Å². The van der Waals surface area contributed by atoms with Gasteiger partial charge in [0.15, 0.2) is 5.82 Å². The molecule has 7 nitrogen and oxygen atoms in total. The number of carbonyl (C=O) groups is 3. The van der Waals surface area contributed by atoms with Gasteiger partial charge in [-0.05, 0) is 26.0 Å². The molecular formula is C18H19F6N3O4. The summed E-state index contributed by atoms with van der Waals surface area (Å²) in [6, 6.07) is 2.45. The van der Waals surface area contributed by atoms with Gasteiger partial charge in [-0.3, -0.25) is 14.4 Å². The molecule has 0 radical (unpaired) electrons. The largest absolute Gasteiger partial charge is 0.486 e. The monoisotopic (exact) mass is 455 g/mol. The highest BCUT2D eigenvalue weighted by Gasteiger charge is 2.57. The Hall–Kier alpha value is -2.99. The third-order valence-electron chi connectivity index (χ3n) is 4.65. The van der Waals surface area contributed by atoms with Gasteiger partial charge in [0.05, 0.1) is 6.54 Å². The van der Waals surface area contributed by atoms with Gasteiger partial charge in [0.1, 0.15) is 29.5 Å². The number of nitrogens with zero attached hydrogens (tertiary/aromatic N) is 1. The topological polar surface area (TPSA) is 87.7 Å². The lowest BCUT2D eigenvalue weighted by molar-refractivity contribution is -0.278. The molecule has 1 aromatic carbocycles. The molecule has 3 atom stereocenters. The van der Waals surface area contributed by atoms with Crippen molar-refractivity contribution in [1.82, 2.24) is 10.6 Å². The molecule has 0 saturated heterocycles. The SMILES string of the molecule is CC(C(=O)NCC(F)(F)C(F)(F)F)C(=O)N[C@@H]1C(=O)N(C)c2c(F)cccc2O[C@@H]1C. The molecule has 1 heterocycles. The molecule has 13 heteroatoms. The van der Waals surface area contributed by atoms with Crippen LogP contribution in [-0.4, -0.2) is 55.6 Å². The number of nitrogens with one attached hydrogen (secondary N) is 2. The Morgan fingerprint density at radius 3 is 2.39 bits per heavy atom. The van der Waals surface area contributed by atoms with E-state index >= 15 is 0 Å². The molecule has 31 heavy (non-hydrogen) atoms.